The third kappa shape index (κ3) is 7.73. The number of carbonyl (C=O) groups excluding carboxylic acids is 2. The van der Waals surface area contributed by atoms with Gasteiger partial charge in [-0.15, -0.1) is 22.7 Å². The maximum atomic E-state index is 15.0. The molecule has 2 amide bonds. The zero-order chi connectivity index (χ0) is 36.1. The number of nitrogen functional groups attached to an aromatic ring is 2. The molecule has 0 fully saturated rings. The molecule has 0 bridgehead atoms. The number of amides is 2. The summed E-state index contributed by atoms with van der Waals surface area (Å²) in [5, 5.41) is 0. The Balaban J connectivity index is 1.50. The molecule has 51 heavy (non-hydrogen) atoms. The van der Waals surface area contributed by atoms with Gasteiger partial charge >= 0.3 is 0 Å². The Morgan fingerprint density at radius 1 is 0.529 bits per heavy atom. The predicted octanol–water partition coefficient (Wildman–Crippen LogP) is 10.9. The highest BCUT2D eigenvalue weighted by molar-refractivity contribution is 7.17. The maximum absolute atomic E-state index is 15.0. The minimum atomic E-state index is -0.0512. The first-order valence-corrected chi connectivity index (χ1v) is 20.5. The molecule has 2 aliphatic heterocycles. The number of thiophene rings is 2. The fourth-order valence-corrected chi connectivity index (χ4v) is 9.48. The number of unbranched alkanes of at least 4 members (excludes halogenated alkanes) is 3. The normalized spacial score (nSPS) is 15.8. The molecule has 2 atom stereocenters. The van der Waals surface area contributed by atoms with Gasteiger partial charge in [-0.3, -0.25) is 9.59 Å². The van der Waals surface area contributed by atoms with E-state index in [4.69, 9.17) is 11.5 Å². The molecule has 0 radical (unpaired) electrons. The van der Waals surface area contributed by atoms with Crippen LogP contribution < -0.4 is 11.5 Å². The quantitative estimate of drug-likeness (QED) is 0.0839. The first-order chi connectivity index (χ1) is 24.8. The summed E-state index contributed by atoms with van der Waals surface area (Å²) < 4.78 is 0. The SMILES string of the molecule is CCCCCC(CC)CN1C(=O)C2=C(c3ccc(-c4ccc(N)cc4)s3)N(CC(CC)CCCC)C(=O)C2=C1c1ccc(-c2ccc(N)cc2)s1. The number of rotatable bonds is 17. The number of nitrogens with zero attached hydrogens (tertiary/aromatic N) is 2. The standard InChI is InChI=1S/C43H52N4O2S2/c1-5-9-11-13-29(8-4)27-47-41(37-25-23-35(51-37)31-16-20-33(45)21-17-31)39-38(43(47)49)40(46(42(39)48)26-28(7-3)12-10-6-2)36-24-22-34(50-36)30-14-18-32(44)19-15-30/h14-25,28-29H,5-13,26-27,44-45H2,1-4H3. The molecule has 6 nitrogen and oxygen atoms in total. The summed E-state index contributed by atoms with van der Waals surface area (Å²) >= 11 is 3.28. The van der Waals surface area contributed by atoms with Crippen LogP contribution in [0.5, 0.6) is 0 Å². The molecule has 4 aromatic rings. The lowest BCUT2D eigenvalue weighted by atomic mass is 9.97. The van der Waals surface area contributed by atoms with Crippen LogP contribution in [0, 0.1) is 11.8 Å². The number of fused-ring (bicyclic) bond motifs is 1. The van der Waals surface area contributed by atoms with Crippen molar-refractivity contribution in [3.63, 3.8) is 0 Å². The maximum Gasteiger partial charge on any atom is 0.261 e. The smallest absolute Gasteiger partial charge is 0.261 e. The Hall–Kier alpha value is -4.14. The molecule has 0 saturated carbocycles. The zero-order valence-corrected chi connectivity index (χ0v) is 32.2. The van der Waals surface area contributed by atoms with Crippen molar-refractivity contribution in [3.8, 4) is 20.9 Å². The van der Waals surface area contributed by atoms with E-state index in [1.54, 1.807) is 22.7 Å². The average Bonchev–Trinajstić information content (AvgIpc) is 3.93. The van der Waals surface area contributed by atoms with Gasteiger partial charge in [0.2, 0.25) is 0 Å². The summed E-state index contributed by atoms with van der Waals surface area (Å²) in [5.74, 6) is 0.590. The van der Waals surface area contributed by atoms with Gasteiger partial charge in [0.15, 0.2) is 0 Å². The van der Waals surface area contributed by atoms with E-state index in [0.717, 1.165) is 105 Å². The van der Waals surface area contributed by atoms with Gasteiger partial charge in [0.05, 0.1) is 32.3 Å². The zero-order valence-electron chi connectivity index (χ0n) is 30.5. The Kier molecular flexibility index (Phi) is 11.8. The van der Waals surface area contributed by atoms with Crippen molar-refractivity contribution >= 4 is 57.3 Å². The molecule has 0 aliphatic carbocycles. The van der Waals surface area contributed by atoms with Crippen LogP contribution in [-0.2, 0) is 9.59 Å². The highest BCUT2D eigenvalue weighted by Gasteiger charge is 2.50. The minimum absolute atomic E-state index is 0.0498. The van der Waals surface area contributed by atoms with Crippen molar-refractivity contribution < 1.29 is 9.59 Å². The Labute approximate surface area is 311 Å². The largest absolute Gasteiger partial charge is 0.399 e. The molecule has 2 aromatic heterocycles. The second-order valence-corrected chi connectivity index (χ2v) is 16.2. The summed E-state index contributed by atoms with van der Waals surface area (Å²) in [6, 6.07) is 24.2. The van der Waals surface area contributed by atoms with E-state index < -0.39 is 0 Å². The second kappa shape index (κ2) is 16.5. The lowest BCUT2D eigenvalue weighted by Crippen LogP contribution is -2.34. The van der Waals surface area contributed by atoms with Gasteiger partial charge in [-0.05, 0) is 84.3 Å². The molecule has 8 heteroatoms. The predicted molar refractivity (Wildman–Crippen MR) is 217 cm³/mol. The van der Waals surface area contributed by atoms with E-state index in [1.807, 2.05) is 58.3 Å². The van der Waals surface area contributed by atoms with E-state index in [1.165, 1.54) is 6.42 Å². The number of hydrogen-bond donors (Lipinski definition) is 2. The van der Waals surface area contributed by atoms with Crippen molar-refractivity contribution in [1.29, 1.82) is 0 Å². The lowest BCUT2D eigenvalue weighted by Gasteiger charge is -2.29. The Bertz CT molecular complexity index is 1900. The molecule has 4 N–H and O–H groups in total. The van der Waals surface area contributed by atoms with Crippen molar-refractivity contribution in [2.24, 2.45) is 11.8 Å². The molecule has 2 aromatic carbocycles. The molecule has 0 saturated heterocycles. The molecule has 0 spiro atoms. The van der Waals surface area contributed by atoms with Crippen LogP contribution >= 0.6 is 22.7 Å². The van der Waals surface area contributed by atoms with E-state index in [2.05, 4.69) is 52.0 Å². The van der Waals surface area contributed by atoms with Crippen molar-refractivity contribution in [2.45, 2.75) is 85.5 Å². The van der Waals surface area contributed by atoms with Crippen LogP contribution in [0.3, 0.4) is 0 Å². The number of benzene rings is 2. The van der Waals surface area contributed by atoms with Crippen molar-refractivity contribution in [3.05, 3.63) is 93.7 Å². The topological polar surface area (TPSA) is 92.7 Å². The summed E-state index contributed by atoms with van der Waals surface area (Å²) in [5.41, 5.74) is 18.3. The average molecular weight is 721 g/mol. The van der Waals surface area contributed by atoms with Crippen LogP contribution in [0.25, 0.3) is 32.3 Å². The molecule has 4 heterocycles. The van der Waals surface area contributed by atoms with Crippen LogP contribution in [0.1, 0.15) is 95.2 Å². The van der Waals surface area contributed by atoms with Gasteiger partial charge in [0.1, 0.15) is 0 Å². The van der Waals surface area contributed by atoms with Gasteiger partial charge in [0.25, 0.3) is 11.8 Å². The fourth-order valence-electron chi connectivity index (χ4n) is 7.33. The number of carbonyl (C=O) groups is 2. The molecular formula is C43H52N4O2S2. The molecule has 2 aliphatic rings. The lowest BCUT2D eigenvalue weighted by molar-refractivity contribution is -0.124. The molecule has 6 rings (SSSR count). The highest BCUT2D eigenvalue weighted by Crippen LogP contribution is 2.50. The summed E-state index contributed by atoms with van der Waals surface area (Å²) in [6.45, 7) is 10.1. The van der Waals surface area contributed by atoms with Crippen LogP contribution in [0.4, 0.5) is 11.4 Å². The third-order valence-electron chi connectivity index (χ3n) is 10.5. The molecule has 2 unspecified atom stereocenters. The van der Waals surface area contributed by atoms with E-state index >= 15 is 4.79 Å². The van der Waals surface area contributed by atoms with E-state index in [-0.39, 0.29) is 11.8 Å². The van der Waals surface area contributed by atoms with Crippen LogP contribution in [0.2, 0.25) is 0 Å². The monoisotopic (exact) mass is 720 g/mol. The van der Waals surface area contributed by atoms with Crippen LogP contribution in [0.15, 0.2) is 83.9 Å². The summed E-state index contributed by atoms with van der Waals surface area (Å²) in [6.07, 6.45) is 9.79. The van der Waals surface area contributed by atoms with Gasteiger partial charge < -0.3 is 21.3 Å². The van der Waals surface area contributed by atoms with Gasteiger partial charge in [-0.25, -0.2) is 0 Å². The second-order valence-electron chi connectivity index (χ2n) is 14.0. The van der Waals surface area contributed by atoms with E-state index in [9.17, 15) is 4.79 Å². The van der Waals surface area contributed by atoms with Gasteiger partial charge in [0, 0.05) is 34.2 Å². The summed E-state index contributed by atoms with van der Waals surface area (Å²) in [4.78, 5) is 38.0. The highest BCUT2D eigenvalue weighted by atomic mass is 32.1. The number of hydrogen-bond acceptors (Lipinski definition) is 6. The fraction of sp³-hybridized carbons (Fsp3) is 0.395. The van der Waals surface area contributed by atoms with Gasteiger partial charge in [-0.2, -0.15) is 0 Å². The minimum Gasteiger partial charge on any atom is -0.399 e. The Morgan fingerprint density at radius 2 is 0.922 bits per heavy atom. The third-order valence-corrected chi connectivity index (χ3v) is 12.8. The van der Waals surface area contributed by atoms with Gasteiger partial charge in [-0.1, -0.05) is 96.9 Å². The van der Waals surface area contributed by atoms with Crippen molar-refractivity contribution in [2.75, 3.05) is 24.6 Å². The van der Waals surface area contributed by atoms with E-state index in [0.29, 0.717) is 36.1 Å². The first-order valence-electron chi connectivity index (χ1n) is 18.8. The molecular weight excluding hydrogens is 669 g/mol. The first kappa shape index (κ1) is 36.6. The molecule has 268 valence electrons. The number of anilines is 2. The van der Waals surface area contributed by atoms with Crippen LogP contribution in [-0.4, -0.2) is 34.7 Å². The summed E-state index contributed by atoms with van der Waals surface area (Å²) in [7, 11) is 0. The Morgan fingerprint density at radius 3 is 1.31 bits per heavy atom. The number of nitrogens with two attached hydrogens (primary N) is 2. The van der Waals surface area contributed by atoms with Crippen molar-refractivity contribution in [1.82, 2.24) is 9.80 Å².